The highest BCUT2D eigenvalue weighted by Crippen LogP contribution is 2.35. The van der Waals surface area contributed by atoms with Crippen LogP contribution in [0.25, 0.3) is 11.4 Å². The molecule has 1 heterocycles. The van der Waals surface area contributed by atoms with Crippen molar-refractivity contribution in [2.75, 3.05) is 7.05 Å². The van der Waals surface area contributed by atoms with Crippen LogP contribution in [0.3, 0.4) is 0 Å². The summed E-state index contributed by atoms with van der Waals surface area (Å²) in [5, 5.41) is 0. The van der Waals surface area contributed by atoms with Gasteiger partial charge in [-0.25, -0.2) is 9.97 Å². The summed E-state index contributed by atoms with van der Waals surface area (Å²) in [7, 11) is 2.25. The third-order valence-electron chi connectivity index (χ3n) is 6.92. The Balaban J connectivity index is 1.66. The summed E-state index contributed by atoms with van der Waals surface area (Å²) in [5.74, 6) is 0.888. The molecule has 0 amide bonds. The van der Waals surface area contributed by atoms with Gasteiger partial charge in [-0.3, -0.25) is 4.90 Å². The number of aryl methyl sites for hydroxylation is 5. The molecular formula is C28H35N3. The SMILES string of the molecule is CCc1cccc(CC)c1-c1nc(C)c(CN(C)[C@H]2CCCc3ccccc32)c(C)n1. The molecule has 4 rings (SSSR count). The number of aromatic nitrogens is 2. The van der Waals surface area contributed by atoms with E-state index >= 15 is 0 Å². The van der Waals surface area contributed by atoms with E-state index in [0.29, 0.717) is 6.04 Å². The van der Waals surface area contributed by atoms with Crippen LogP contribution in [0.5, 0.6) is 0 Å². The van der Waals surface area contributed by atoms with Crippen LogP contribution in [-0.2, 0) is 25.8 Å². The van der Waals surface area contributed by atoms with Crippen LogP contribution < -0.4 is 0 Å². The first kappa shape index (κ1) is 21.7. The van der Waals surface area contributed by atoms with Crippen molar-refractivity contribution < 1.29 is 0 Å². The molecule has 0 radical (unpaired) electrons. The minimum absolute atomic E-state index is 0.468. The van der Waals surface area contributed by atoms with E-state index in [0.717, 1.165) is 36.6 Å². The van der Waals surface area contributed by atoms with Gasteiger partial charge in [-0.2, -0.15) is 0 Å². The standard InChI is InChI=1S/C28H35N3/c1-6-21-13-10-14-22(7-2)27(21)28-29-19(3)25(20(4)30-28)18-31(5)26-17-11-15-23-12-8-9-16-24(23)26/h8-10,12-14,16,26H,6-7,11,15,17-18H2,1-5H3/t26-/m0/s1. The number of hydrogen-bond acceptors (Lipinski definition) is 3. The lowest BCUT2D eigenvalue weighted by Gasteiger charge is -2.33. The maximum atomic E-state index is 5.03. The van der Waals surface area contributed by atoms with Crippen molar-refractivity contribution in [3.05, 3.63) is 81.7 Å². The maximum absolute atomic E-state index is 5.03. The van der Waals surface area contributed by atoms with Gasteiger partial charge >= 0.3 is 0 Å². The quantitative estimate of drug-likeness (QED) is 0.468. The lowest BCUT2D eigenvalue weighted by molar-refractivity contribution is 0.212. The predicted octanol–water partition coefficient (Wildman–Crippen LogP) is 6.39. The topological polar surface area (TPSA) is 29.0 Å². The molecule has 0 spiro atoms. The first-order valence-corrected chi connectivity index (χ1v) is 11.8. The zero-order valence-electron chi connectivity index (χ0n) is 19.7. The van der Waals surface area contributed by atoms with Gasteiger partial charge in [-0.15, -0.1) is 0 Å². The molecule has 1 aliphatic rings. The second-order valence-corrected chi connectivity index (χ2v) is 8.88. The molecule has 3 nitrogen and oxygen atoms in total. The van der Waals surface area contributed by atoms with Crippen molar-refractivity contribution in [3.8, 4) is 11.4 Å². The fourth-order valence-corrected chi connectivity index (χ4v) is 5.16. The van der Waals surface area contributed by atoms with Crippen molar-refractivity contribution in [3.63, 3.8) is 0 Å². The van der Waals surface area contributed by atoms with Gasteiger partial charge in [0.1, 0.15) is 0 Å². The van der Waals surface area contributed by atoms with Gasteiger partial charge in [0.2, 0.25) is 0 Å². The Morgan fingerprint density at radius 2 is 1.55 bits per heavy atom. The van der Waals surface area contributed by atoms with E-state index in [1.165, 1.54) is 52.6 Å². The summed E-state index contributed by atoms with van der Waals surface area (Å²) in [6, 6.07) is 16.0. The molecule has 0 unspecified atom stereocenters. The molecule has 3 aromatic rings. The van der Waals surface area contributed by atoms with Gasteiger partial charge in [0.05, 0.1) is 0 Å². The molecule has 0 bridgehead atoms. The molecule has 1 aromatic heterocycles. The van der Waals surface area contributed by atoms with Crippen LogP contribution in [0.15, 0.2) is 42.5 Å². The summed E-state index contributed by atoms with van der Waals surface area (Å²) in [4.78, 5) is 12.5. The second-order valence-electron chi connectivity index (χ2n) is 8.88. The van der Waals surface area contributed by atoms with E-state index < -0.39 is 0 Å². The average molecular weight is 414 g/mol. The summed E-state index contributed by atoms with van der Waals surface area (Å²) in [6.45, 7) is 9.60. The normalized spacial score (nSPS) is 15.9. The zero-order chi connectivity index (χ0) is 22.0. The fourth-order valence-electron chi connectivity index (χ4n) is 5.16. The highest BCUT2D eigenvalue weighted by molar-refractivity contribution is 5.65. The van der Waals surface area contributed by atoms with Crippen molar-refractivity contribution in [1.29, 1.82) is 0 Å². The van der Waals surface area contributed by atoms with Gasteiger partial charge in [0.15, 0.2) is 5.82 Å². The second kappa shape index (κ2) is 9.32. The number of fused-ring (bicyclic) bond motifs is 1. The molecule has 0 fully saturated rings. The Hall–Kier alpha value is -2.52. The van der Waals surface area contributed by atoms with Crippen LogP contribution in [0.2, 0.25) is 0 Å². The van der Waals surface area contributed by atoms with Crippen molar-refractivity contribution in [2.24, 2.45) is 0 Å². The molecule has 0 N–H and O–H groups in total. The van der Waals surface area contributed by atoms with Gasteiger partial charge in [0, 0.05) is 35.1 Å². The summed E-state index contributed by atoms with van der Waals surface area (Å²) in [5.41, 5.74) is 10.4. The fraction of sp³-hybridized carbons (Fsp3) is 0.429. The summed E-state index contributed by atoms with van der Waals surface area (Å²) in [6.07, 6.45) is 5.67. The predicted molar refractivity (Wildman–Crippen MR) is 129 cm³/mol. The molecule has 3 heteroatoms. The number of nitrogens with zero attached hydrogens (tertiary/aromatic N) is 3. The van der Waals surface area contributed by atoms with Crippen LogP contribution in [0.1, 0.15) is 71.9 Å². The van der Waals surface area contributed by atoms with E-state index in [-0.39, 0.29) is 0 Å². The highest BCUT2D eigenvalue weighted by Gasteiger charge is 2.25. The number of rotatable bonds is 6. The molecule has 1 atom stereocenters. The molecule has 0 saturated heterocycles. The van der Waals surface area contributed by atoms with E-state index in [4.69, 9.17) is 9.97 Å². The van der Waals surface area contributed by atoms with Gasteiger partial charge in [-0.05, 0) is 75.3 Å². The molecule has 0 aliphatic heterocycles. The smallest absolute Gasteiger partial charge is 0.160 e. The Bertz CT molecular complexity index is 1020. The van der Waals surface area contributed by atoms with Gasteiger partial charge in [0.25, 0.3) is 0 Å². The monoisotopic (exact) mass is 413 g/mol. The first-order valence-electron chi connectivity index (χ1n) is 11.8. The van der Waals surface area contributed by atoms with Crippen molar-refractivity contribution >= 4 is 0 Å². The zero-order valence-corrected chi connectivity index (χ0v) is 19.7. The number of hydrogen-bond donors (Lipinski definition) is 0. The highest BCUT2D eigenvalue weighted by atomic mass is 15.1. The van der Waals surface area contributed by atoms with Gasteiger partial charge in [-0.1, -0.05) is 56.3 Å². The third kappa shape index (κ3) is 4.29. The van der Waals surface area contributed by atoms with Crippen molar-refractivity contribution in [2.45, 2.75) is 72.4 Å². The molecule has 31 heavy (non-hydrogen) atoms. The van der Waals surface area contributed by atoms with E-state index in [9.17, 15) is 0 Å². The molecule has 1 aliphatic carbocycles. The van der Waals surface area contributed by atoms with Crippen LogP contribution in [0, 0.1) is 13.8 Å². The van der Waals surface area contributed by atoms with Crippen LogP contribution >= 0.6 is 0 Å². The molecule has 2 aromatic carbocycles. The third-order valence-corrected chi connectivity index (χ3v) is 6.92. The summed E-state index contributed by atoms with van der Waals surface area (Å²) >= 11 is 0. The summed E-state index contributed by atoms with van der Waals surface area (Å²) < 4.78 is 0. The lowest BCUT2D eigenvalue weighted by Crippen LogP contribution is -2.28. The van der Waals surface area contributed by atoms with E-state index in [1.54, 1.807) is 0 Å². The largest absolute Gasteiger partial charge is 0.295 e. The Labute approximate surface area is 187 Å². The Kier molecular flexibility index (Phi) is 6.52. The van der Waals surface area contributed by atoms with E-state index in [1.807, 2.05) is 0 Å². The maximum Gasteiger partial charge on any atom is 0.160 e. The molecule has 162 valence electrons. The minimum atomic E-state index is 0.468. The Morgan fingerprint density at radius 1 is 0.903 bits per heavy atom. The van der Waals surface area contributed by atoms with Crippen LogP contribution in [0.4, 0.5) is 0 Å². The van der Waals surface area contributed by atoms with Gasteiger partial charge < -0.3 is 0 Å². The van der Waals surface area contributed by atoms with Crippen molar-refractivity contribution in [1.82, 2.24) is 14.9 Å². The average Bonchev–Trinajstić information content (AvgIpc) is 2.80. The van der Waals surface area contributed by atoms with Crippen LogP contribution in [-0.4, -0.2) is 21.9 Å². The van der Waals surface area contributed by atoms with E-state index in [2.05, 4.69) is 82.1 Å². The molecular weight excluding hydrogens is 378 g/mol. The molecule has 0 saturated carbocycles. The first-order chi connectivity index (χ1) is 15.0. The Morgan fingerprint density at radius 3 is 2.19 bits per heavy atom. The lowest BCUT2D eigenvalue weighted by atomic mass is 9.87. The number of benzene rings is 2. The minimum Gasteiger partial charge on any atom is -0.295 e.